The SMILES string of the molecule is Cc1cc(OCCCC(=O)NCCCOCCOCCOCCCCC(CS(=O)(=O)O)NC(=O)CN(CCN(CCN(CC(=O)O)CC(=O)O)CC(=O)O)CC(=O)O)cc(C)c1S(=O)(=O)NC(CNC(=O)C1CC(=O)c2ccc(CNc3ncc[nH]3)cc2N1C)C(=O)O. The number of carboxylic acid groups (broad SMARTS) is 5. The highest BCUT2D eigenvalue weighted by atomic mass is 32.2. The van der Waals surface area contributed by atoms with Crippen LogP contribution in [0.3, 0.4) is 0 Å². The number of fused-ring (bicyclic) bond motifs is 1. The van der Waals surface area contributed by atoms with Crippen molar-refractivity contribution in [3.8, 4) is 5.75 Å². The minimum absolute atomic E-state index is 0.0973. The van der Waals surface area contributed by atoms with E-state index in [0.29, 0.717) is 68.3 Å². The number of unbranched alkanes of at least 4 members (excludes halogenated alkanes) is 1. The van der Waals surface area contributed by atoms with Crippen LogP contribution in [0.25, 0.3) is 0 Å². The number of ketones is 1. The largest absolute Gasteiger partial charge is 0.494 e. The van der Waals surface area contributed by atoms with Gasteiger partial charge in [-0.1, -0.05) is 6.07 Å². The number of hydrogen-bond donors (Lipinski definition) is 12. The van der Waals surface area contributed by atoms with E-state index in [9.17, 15) is 79.9 Å². The molecule has 36 heteroatoms. The van der Waals surface area contributed by atoms with E-state index >= 15 is 0 Å². The van der Waals surface area contributed by atoms with Gasteiger partial charge in [0.05, 0.1) is 76.4 Å². The van der Waals surface area contributed by atoms with Crippen LogP contribution < -0.4 is 35.6 Å². The van der Waals surface area contributed by atoms with E-state index in [4.69, 9.17) is 29.2 Å². The highest BCUT2D eigenvalue weighted by Gasteiger charge is 2.36. The molecule has 1 aromatic heterocycles. The summed E-state index contributed by atoms with van der Waals surface area (Å²) >= 11 is 0. The number of aliphatic carboxylic acids is 5. The summed E-state index contributed by atoms with van der Waals surface area (Å²) in [5.41, 5.74) is 2.24. The van der Waals surface area contributed by atoms with Crippen LogP contribution in [0.5, 0.6) is 5.75 Å². The van der Waals surface area contributed by atoms with Gasteiger partial charge < -0.3 is 75.6 Å². The Morgan fingerprint density at radius 2 is 1.28 bits per heavy atom. The summed E-state index contributed by atoms with van der Waals surface area (Å²) in [7, 11) is -7.38. The van der Waals surface area contributed by atoms with E-state index in [1.807, 2.05) is 0 Å². The molecule has 2 heterocycles. The zero-order valence-electron chi connectivity index (χ0n) is 52.0. The zero-order chi connectivity index (χ0) is 68.7. The number of rotatable bonds is 49. The quantitative estimate of drug-likeness (QED) is 0.0240. The number of carbonyl (C=O) groups is 9. The lowest BCUT2D eigenvalue weighted by Crippen LogP contribution is -2.54. The summed E-state index contributed by atoms with van der Waals surface area (Å²) in [6, 6.07) is 4.36. The van der Waals surface area contributed by atoms with E-state index in [-0.39, 0.29) is 113 Å². The number of amides is 3. The summed E-state index contributed by atoms with van der Waals surface area (Å²) in [6.45, 7) is 1.24. The number of aromatic amines is 1. The molecule has 3 aromatic rings. The average molecular weight is 1360 g/mol. The van der Waals surface area contributed by atoms with Gasteiger partial charge in [0.15, 0.2) is 11.7 Å². The highest BCUT2D eigenvalue weighted by Crippen LogP contribution is 2.31. The highest BCUT2D eigenvalue weighted by molar-refractivity contribution is 7.89. The molecule has 34 nitrogen and oxygen atoms in total. The Balaban J connectivity index is 1.06. The van der Waals surface area contributed by atoms with Gasteiger partial charge in [0.1, 0.15) is 17.8 Å². The molecule has 3 amide bonds. The number of anilines is 2. The maximum absolute atomic E-state index is 13.7. The minimum Gasteiger partial charge on any atom is -0.494 e. The van der Waals surface area contributed by atoms with Crippen LogP contribution in [0.15, 0.2) is 47.6 Å². The molecule has 0 spiro atoms. The number of ether oxygens (including phenoxy) is 4. The Morgan fingerprint density at radius 1 is 0.710 bits per heavy atom. The van der Waals surface area contributed by atoms with Crippen molar-refractivity contribution in [3.63, 3.8) is 0 Å². The van der Waals surface area contributed by atoms with Crippen LogP contribution >= 0.6 is 0 Å². The number of sulfonamides is 1. The van der Waals surface area contributed by atoms with Crippen LogP contribution in [0.2, 0.25) is 0 Å². The molecule has 0 fully saturated rings. The lowest BCUT2D eigenvalue weighted by molar-refractivity contribution is -0.143. The summed E-state index contributed by atoms with van der Waals surface area (Å²) < 4.78 is 85.0. The molecule has 93 heavy (non-hydrogen) atoms. The summed E-state index contributed by atoms with van der Waals surface area (Å²) in [6.07, 6.45) is 4.95. The third kappa shape index (κ3) is 30.1. The molecule has 3 atom stereocenters. The van der Waals surface area contributed by atoms with Gasteiger partial charge in [-0.25, -0.2) is 13.4 Å². The van der Waals surface area contributed by atoms with Gasteiger partial charge in [-0.15, -0.1) is 0 Å². The molecule has 1 aliphatic rings. The third-order valence-corrected chi connectivity index (χ3v) is 16.7. The molecule has 0 saturated heterocycles. The fraction of sp³-hybridized carbons (Fsp3) is 0.579. The molecule has 0 aliphatic carbocycles. The van der Waals surface area contributed by atoms with Crippen molar-refractivity contribution in [2.45, 2.75) is 88.4 Å². The number of benzene rings is 2. The topological polar surface area (TPSA) is 482 Å². The van der Waals surface area contributed by atoms with Crippen LogP contribution in [-0.4, -0.2) is 274 Å². The monoisotopic (exact) mass is 1360 g/mol. The van der Waals surface area contributed by atoms with Crippen molar-refractivity contribution in [3.05, 3.63) is 65.0 Å². The Labute approximate surface area is 537 Å². The van der Waals surface area contributed by atoms with Crippen LogP contribution in [0.4, 0.5) is 11.6 Å². The maximum Gasteiger partial charge on any atom is 0.323 e. The van der Waals surface area contributed by atoms with Crippen molar-refractivity contribution in [2.24, 2.45) is 0 Å². The fourth-order valence-electron chi connectivity index (χ4n) is 9.79. The summed E-state index contributed by atoms with van der Waals surface area (Å²) in [4.78, 5) is 122. The van der Waals surface area contributed by atoms with Gasteiger partial charge in [-0.3, -0.25) is 62.4 Å². The van der Waals surface area contributed by atoms with Crippen LogP contribution in [0.1, 0.15) is 72.0 Å². The first kappa shape index (κ1) is 77.5. The molecule has 0 bridgehead atoms. The maximum atomic E-state index is 13.7. The normalized spacial score (nSPS) is 13.9. The summed E-state index contributed by atoms with van der Waals surface area (Å²) in [5, 5.41) is 58.0. The van der Waals surface area contributed by atoms with Crippen molar-refractivity contribution in [1.82, 2.24) is 45.3 Å². The lowest BCUT2D eigenvalue weighted by Gasteiger charge is -2.34. The molecule has 0 saturated carbocycles. The number of aromatic nitrogens is 2. The lowest BCUT2D eigenvalue weighted by atomic mass is 9.93. The molecular weight excluding hydrogens is 1270 g/mol. The zero-order valence-corrected chi connectivity index (χ0v) is 53.7. The number of nitrogens with zero attached hydrogens (tertiary/aromatic N) is 5. The van der Waals surface area contributed by atoms with Gasteiger partial charge in [0, 0.05) is 109 Å². The minimum atomic E-state index is -4.56. The van der Waals surface area contributed by atoms with Crippen molar-refractivity contribution in [2.75, 3.05) is 141 Å². The molecule has 4 rings (SSSR count). The summed E-state index contributed by atoms with van der Waals surface area (Å²) in [5.74, 6) is -8.66. The molecule has 2 aromatic carbocycles. The van der Waals surface area contributed by atoms with Gasteiger partial charge in [0.2, 0.25) is 27.7 Å². The number of carbonyl (C=O) groups excluding carboxylic acids is 4. The van der Waals surface area contributed by atoms with Crippen LogP contribution in [0, 0.1) is 13.8 Å². The van der Waals surface area contributed by atoms with Gasteiger partial charge >= 0.3 is 29.8 Å². The van der Waals surface area contributed by atoms with E-state index < -0.39 is 125 Å². The number of nitrogens with one attached hydrogen (secondary N) is 6. The van der Waals surface area contributed by atoms with E-state index in [1.165, 1.54) is 30.9 Å². The second kappa shape index (κ2) is 39.6. The van der Waals surface area contributed by atoms with E-state index in [2.05, 4.69) is 36.0 Å². The molecule has 1 aliphatic heterocycles. The van der Waals surface area contributed by atoms with Crippen molar-refractivity contribution >= 4 is 85.1 Å². The number of carboxylic acids is 5. The molecular formula is C57H85N11O23S2. The molecule has 518 valence electrons. The van der Waals surface area contributed by atoms with Crippen LogP contribution in [-0.2, 0) is 79.3 Å². The van der Waals surface area contributed by atoms with Gasteiger partial charge in [-0.05, 0) is 86.9 Å². The Morgan fingerprint density at radius 3 is 1.85 bits per heavy atom. The Bertz CT molecular complexity index is 3170. The number of Topliss-reactive ketones (excluding diaryl/α,β-unsaturated/α-hetero) is 1. The third-order valence-electron chi connectivity index (χ3n) is 14.1. The second-order valence-corrected chi connectivity index (χ2v) is 25.0. The van der Waals surface area contributed by atoms with E-state index in [0.717, 1.165) is 15.4 Å². The first-order valence-electron chi connectivity index (χ1n) is 29.7. The Kier molecular flexibility index (Phi) is 33.0. The Hall–Kier alpha value is -7.94. The number of aryl methyl sites for hydroxylation is 2. The second-order valence-electron chi connectivity index (χ2n) is 21.8. The number of hydrogen-bond acceptors (Lipinski definition) is 23. The average Bonchev–Trinajstić information content (AvgIpc) is 1.06. The predicted molar refractivity (Wildman–Crippen MR) is 331 cm³/mol. The molecule has 3 unspecified atom stereocenters. The first-order valence-corrected chi connectivity index (χ1v) is 32.8. The van der Waals surface area contributed by atoms with Crippen molar-refractivity contribution in [1.29, 1.82) is 0 Å². The molecule has 0 radical (unpaired) electrons. The molecule has 12 N–H and O–H groups in total. The number of H-pyrrole nitrogens is 1. The first-order chi connectivity index (χ1) is 44.0. The fourth-order valence-corrected chi connectivity index (χ4v) is 12.2. The van der Waals surface area contributed by atoms with Gasteiger partial charge in [-0.2, -0.15) is 13.1 Å². The van der Waals surface area contributed by atoms with E-state index in [1.54, 1.807) is 42.5 Å². The smallest absolute Gasteiger partial charge is 0.323 e. The predicted octanol–water partition coefficient (Wildman–Crippen LogP) is -0.920. The van der Waals surface area contributed by atoms with Gasteiger partial charge in [0.25, 0.3) is 10.1 Å². The van der Waals surface area contributed by atoms with Crippen molar-refractivity contribution < 1.29 is 109 Å². The number of likely N-dealkylation sites (N-methyl/N-ethyl adjacent to an activating group) is 1. The standard InChI is InChI=1S/C57H85N11O23S2/c1-38-26-42(27-39(2)54(38)93(86,87)64-44(56(81)82)31-61-55(80)46-29-47(69)43-11-10-40(28-45(43)65(46)3)30-62-57-59-13-14-60-57)91-21-6-9-48(70)58-12-7-20-89-23-25-90-24-22-88-19-5-4-8-41(37-92(83,84)85)63-49(71)32-67(34-51(74)75)17-15-66(33-50(72)73)16-18-68(35-52(76)77)36-53(78)79/h10-11,13-14,26-28,41,44,46,64H,4-9,12,15-25,29-37H2,1-3H3,(H,58,70)(H,61,80)(H,63,71)(H,72,73)(H,74,75)(H,76,77)(H,78,79)(H,81,82)(H2,59,60,62)(H,83,84,85). The number of imidazole rings is 1.